The third kappa shape index (κ3) is 1.81. The van der Waals surface area contributed by atoms with Crippen molar-refractivity contribution in [1.29, 1.82) is 0 Å². The first-order valence-electron chi connectivity index (χ1n) is 5.19. The van der Waals surface area contributed by atoms with Crippen LogP contribution in [0.5, 0.6) is 0 Å². The van der Waals surface area contributed by atoms with Crippen molar-refractivity contribution < 1.29 is 0 Å². The van der Waals surface area contributed by atoms with Crippen LogP contribution >= 0.6 is 0 Å². The van der Waals surface area contributed by atoms with Crippen LogP contribution in [0.3, 0.4) is 0 Å². The Labute approximate surface area is 84.5 Å². The third-order valence-electron chi connectivity index (χ3n) is 3.12. The molecule has 0 saturated carbocycles. The fourth-order valence-corrected chi connectivity index (χ4v) is 2.31. The Kier molecular flexibility index (Phi) is 2.84. The molecule has 0 radical (unpaired) electrons. The second-order valence-corrected chi connectivity index (χ2v) is 4.13. The maximum absolute atomic E-state index is 5.81. The molecule has 0 bridgehead atoms. The van der Waals surface area contributed by atoms with Crippen LogP contribution in [0.25, 0.3) is 0 Å². The molecule has 2 unspecified atom stereocenters. The summed E-state index contributed by atoms with van der Waals surface area (Å²) in [5.41, 5.74) is 5.81. The monoisotopic (exact) mass is 194 g/mol. The van der Waals surface area contributed by atoms with Crippen LogP contribution in [-0.4, -0.2) is 41.5 Å². The molecule has 0 spiro atoms. The number of imidazole rings is 1. The maximum atomic E-state index is 5.81. The van der Waals surface area contributed by atoms with E-state index in [9.17, 15) is 0 Å². The lowest BCUT2D eigenvalue weighted by molar-refractivity contribution is 0.367. The fraction of sp³-hybridized carbons (Fsp3) is 0.700. The molecule has 0 aliphatic carbocycles. The van der Waals surface area contributed by atoms with Crippen LogP contribution in [0, 0.1) is 5.92 Å². The summed E-state index contributed by atoms with van der Waals surface area (Å²) in [6.45, 7) is 3.01. The topological polar surface area (TPSA) is 57.9 Å². The second-order valence-electron chi connectivity index (χ2n) is 4.13. The molecule has 1 fully saturated rings. The van der Waals surface area contributed by atoms with Gasteiger partial charge < -0.3 is 15.6 Å². The van der Waals surface area contributed by atoms with Crippen molar-refractivity contribution in [3.05, 3.63) is 18.2 Å². The van der Waals surface area contributed by atoms with Gasteiger partial charge in [-0.3, -0.25) is 0 Å². The molecule has 1 aromatic heterocycles. The van der Waals surface area contributed by atoms with Crippen molar-refractivity contribution in [3.8, 4) is 0 Å². The van der Waals surface area contributed by atoms with Crippen molar-refractivity contribution in [3.63, 3.8) is 0 Å². The molecular formula is C10H18N4. The standard InChI is InChI=1S/C10H18N4/c1-14-5-2-8(7-14)9(6-11)10-12-3-4-13-10/h3-4,8-9H,2,5-7,11H2,1H3,(H,12,13). The summed E-state index contributed by atoms with van der Waals surface area (Å²) < 4.78 is 0. The molecule has 0 amide bonds. The Hall–Kier alpha value is -0.870. The number of likely N-dealkylation sites (tertiary alicyclic amines) is 1. The van der Waals surface area contributed by atoms with Gasteiger partial charge in [-0.25, -0.2) is 4.98 Å². The van der Waals surface area contributed by atoms with Gasteiger partial charge in [-0.1, -0.05) is 0 Å². The summed E-state index contributed by atoms with van der Waals surface area (Å²) in [6, 6.07) is 0. The number of aromatic amines is 1. The average molecular weight is 194 g/mol. The first-order chi connectivity index (χ1) is 6.81. The van der Waals surface area contributed by atoms with Gasteiger partial charge in [0, 0.05) is 31.4 Å². The molecule has 2 rings (SSSR count). The van der Waals surface area contributed by atoms with Crippen molar-refractivity contribution >= 4 is 0 Å². The van der Waals surface area contributed by atoms with E-state index < -0.39 is 0 Å². The highest BCUT2D eigenvalue weighted by molar-refractivity contribution is 5.02. The fourth-order valence-electron chi connectivity index (χ4n) is 2.31. The molecule has 2 atom stereocenters. The van der Waals surface area contributed by atoms with Gasteiger partial charge in [0.05, 0.1) is 0 Å². The Morgan fingerprint density at radius 2 is 2.64 bits per heavy atom. The molecule has 4 nitrogen and oxygen atoms in total. The van der Waals surface area contributed by atoms with E-state index in [1.165, 1.54) is 13.0 Å². The second kappa shape index (κ2) is 4.11. The Bertz CT molecular complexity index is 270. The lowest BCUT2D eigenvalue weighted by Gasteiger charge is -2.19. The highest BCUT2D eigenvalue weighted by Gasteiger charge is 2.29. The van der Waals surface area contributed by atoms with E-state index >= 15 is 0 Å². The number of H-pyrrole nitrogens is 1. The van der Waals surface area contributed by atoms with Gasteiger partial charge in [-0.05, 0) is 25.9 Å². The first kappa shape index (κ1) is 9.68. The van der Waals surface area contributed by atoms with E-state index in [2.05, 4.69) is 21.9 Å². The van der Waals surface area contributed by atoms with Gasteiger partial charge in [-0.2, -0.15) is 0 Å². The van der Waals surface area contributed by atoms with E-state index in [0.29, 0.717) is 18.4 Å². The van der Waals surface area contributed by atoms with Gasteiger partial charge in [-0.15, -0.1) is 0 Å². The zero-order valence-corrected chi connectivity index (χ0v) is 8.61. The summed E-state index contributed by atoms with van der Waals surface area (Å²) in [4.78, 5) is 9.83. The first-order valence-corrected chi connectivity index (χ1v) is 5.19. The number of hydrogen-bond donors (Lipinski definition) is 2. The summed E-state index contributed by atoms with van der Waals surface area (Å²) in [5.74, 6) is 2.11. The van der Waals surface area contributed by atoms with Crippen LogP contribution in [0.15, 0.2) is 12.4 Å². The van der Waals surface area contributed by atoms with E-state index in [4.69, 9.17) is 5.73 Å². The lowest BCUT2D eigenvalue weighted by Crippen LogP contribution is -2.25. The van der Waals surface area contributed by atoms with E-state index in [1.807, 2.05) is 6.20 Å². The number of aromatic nitrogens is 2. The van der Waals surface area contributed by atoms with E-state index in [0.717, 1.165) is 12.4 Å². The van der Waals surface area contributed by atoms with Gasteiger partial charge >= 0.3 is 0 Å². The quantitative estimate of drug-likeness (QED) is 0.732. The van der Waals surface area contributed by atoms with Crippen LogP contribution in [-0.2, 0) is 0 Å². The highest BCUT2D eigenvalue weighted by atomic mass is 15.1. The number of hydrogen-bond acceptors (Lipinski definition) is 3. The molecule has 0 aromatic carbocycles. The summed E-state index contributed by atoms with van der Waals surface area (Å²) in [6.07, 6.45) is 4.91. The predicted octanol–water partition coefficient (Wildman–Crippen LogP) is 0.404. The summed E-state index contributed by atoms with van der Waals surface area (Å²) >= 11 is 0. The van der Waals surface area contributed by atoms with Crippen molar-refractivity contribution in [1.82, 2.24) is 14.9 Å². The molecule has 2 heterocycles. The molecule has 3 N–H and O–H groups in total. The highest BCUT2D eigenvalue weighted by Crippen LogP contribution is 2.28. The van der Waals surface area contributed by atoms with E-state index in [1.54, 1.807) is 6.20 Å². The van der Waals surface area contributed by atoms with Gasteiger partial charge in [0.1, 0.15) is 5.82 Å². The van der Waals surface area contributed by atoms with Gasteiger partial charge in [0.15, 0.2) is 0 Å². The molecule has 4 heteroatoms. The smallest absolute Gasteiger partial charge is 0.110 e. The number of rotatable bonds is 3. The summed E-state index contributed by atoms with van der Waals surface area (Å²) in [7, 11) is 2.16. The minimum Gasteiger partial charge on any atom is -0.348 e. The van der Waals surface area contributed by atoms with E-state index in [-0.39, 0.29) is 0 Å². The Morgan fingerprint density at radius 3 is 3.14 bits per heavy atom. The van der Waals surface area contributed by atoms with Crippen LogP contribution in [0.4, 0.5) is 0 Å². The van der Waals surface area contributed by atoms with Crippen molar-refractivity contribution in [2.45, 2.75) is 12.3 Å². The molecule has 1 saturated heterocycles. The minimum absolute atomic E-state index is 0.398. The number of nitrogens with zero attached hydrogens (tertiary/aromatic N) is 2. The molecule has 78 valence electrons. The van der Waals surface area contributed by atoms with Crippen LogP contribution in [0.1, 0.15) is 18.2 Å². The molecule has 1 aliphatic heterocycles. The normalized spacial score (nSPS) is 25.4. The zero-order chi connectivity index (χ0) is 9.97. The van der Waals surface area contributed by atoms with Gasteiger partial charge in [0.25, 0.3) is 0 Å². The number of nitrogens with two attached hydrogens (primary N) is 1. The van der Waals surface area contributed by atoms with Gasteiger partial charge in [0.2, 0.25) is 0 Å². The van der Waals surface area contributed by atoms with Crippen LogP contribution < -0.4 is 5.73 Å². The zero-order valence-electron chi connectivity index (χ0n) is 8.61. The Morgan fingerprint density at radius 1 is 1.79 bits per heavy atom. The average Bonchev–Trinajstić information content (AvgIpc) is 2.79. The van der Waals surface area contributed by atoms with Crippen LogP contribution in [0.2, 0.25) is 0 Å². The SMILES string of the molecule is CN1CCC(C(CN)c2ncc[nH]2)C1. The number of nitrogens with one attached hydrogen (secondary N) is 1. The molecule has 1 aliphatic rings. The van der Waals surface area contributed by atoms with Crippen molar-refractivity contribution in [2.24, 2.45) is 11.7 Å². The lowest BCUT2D eigenvalue weighted by atomic mass is 9.91. The van der Waals surface area contributed by atoms with Crippen molar-refractivity contribution in [2.75, 3.05) is 26.7 Å². The largest absolute Gasteiger partial charge is 0.348 e. The summed E-state index contributed by atoms with van der Waals surface area (Å²) in [5, 5.41) is 0. The molecule has 1 aromatic rings. The Balaban J connectivity index is 2.07. The molecular weight excluding hydrogens is 176 g/mol. The molecule has 14 heavy (non-hydrogen) atoms. The maximum Gasteiger partial charge on any atom is 0.110 e. The third-order valence-corrected chi connectivity index (χ3v) is 3.12. The predicted molar refractivity (Wildman–Crippen MR) is 56.0 cm³/mol. The minimum atomic E-state index is 0.398.